The molecule has 0 spiro atoms. The molecular weight excluding hydrogens is 359 g/mol. The van der Waals surface area contributed by atoms with E-state index in [-0.39, 0.29) is 5.69 Å². The minimum absolute atomic E-state index is 0.320. The molecule has 0 saturated carbocycles. The van der Waals surface area contributed by atoms with E-state index < -0.39 is 12.3 Å². The number of aromatic nitrogens is 1. The van der Waals surface area contributed by atoms with Crippen molar-refractivity contribution in [1.82, 2.24) is 4.98 Å². The highest BCUT2D eigenvalue weighted by Crippen LogP contribution is 2.39. The van der Waals surface area contributed by atoms with Crippen LogP contribution < -0.4 is 9.47 Å². The zero-order valence-electron chi connectivity index (χ0n) is 14.7. The van der Waals surface area contributed by atoms with Gasteiger partial charge in [-0.1, -0.05) is 12.1 Å². The van der Waals surface area contributed by atoms with Gasteiger partial charge in [0.25, 0.3) is 0 Å². The molecule has 0 aliphatic carbocycles. The predicted octanol–water partition coefficient (Wildman–Crippen LogP) is 4.96. The van der Waals surface area contributed by atoms with Gasteiger partial charge in [-0.3, -0.25) is 0 Å². The van der Waals surface area contributed by atoms with E-state index >= 15 is 0 Å². The fourth-order valence-electron chi connectivity index (χ4n) is 2.78. The molecule has 0 saturated heterocycles. The summed E-state index contributed by atoms with van der Waals surface area (Å²) in [5.74, 6) is 1.27. The first-order valence-corrected chi connectivity index (χ1v) is 8.10. The highest BCUT2D eigenvalue weighted by molar-refractivity contribution is 5.82. The summed E-state index contributed by atoms with van der Waals surface area (Å²) in [7, 11) is 3.07. The number of hydrogen-bond acceptors (Lipinski definition) is 3. The van der Waals surface area contributed by atoms with Gasteiger partial charge in [0.15, 0.2) is 6.10 Å². The first-order chi connectivity index (χ1) is 12.8. The number of aliphatic hydroxyl groups excluding tert-OH is 1. The maximum absolute atomic E-state index is 13.0. The second-order valence-electron chi connectivity index (χ2n) is 5.91. The second-order valence-corrected chi connectivity index (χ2v) is 5.91. The number of alkyl halides is 3. The van der Waals surface area contributed by atoms with E-state index in [9.17, 15) is 18.3 Å². The second kappa shape index (κ2) is 7.36. The molecule has 1 unspecified atom stereocenters. The Bertz CT molecular complexity index is 835. The molecule has 3 aromatic rings. The Kier molecular flexibility index (Phi) is 5.14. The molecule has 0 radical (unpaired) electrons. The van der Waals surface area contributed by atoms with Crippen molar-refractivity contribution in [3.8, 4) is 33.9 Å². The molecule has 1 aromatic heterocycles. The summed E-state index contributed by atoms with van der Waals surface area (Å²) in [6.45, 7) is 0. The van der Waals surface area contributed by atoms with E-state index in [0.29, 0.717) is 33.9 Å². The first-order valence-electron chi connectivity index (χ1n) is 8.10. The Morgan fingerprint density at radius 1 is 0.852 bits per heavy atom. The van der Waals surface area contributed by atoms with Gasteiger partial charge >= 0.3 is 6.18 Å². The SMILES string of the molecule is COc1ccc(-c2cc(C(O)C(F)(F)F)[nH]c2-c2ccc(OC)cc2)cc1. The molecule has 0 aliphatic heterocycles. The Balaban J connectivity index is 2.11. The molecular formula is C20H18F3NO3. The maximum Gasteiger partial charge on any atom is 0.420 e. The molecule has 4 nitrogen and oxygen atoms in total. The first kappa shape index (κ1) is 18.8. The molecule has 0 fully saturated rings. The summed E-state index contributed by atoms with van der Waals surface area (Å²) in [4.78, 5) is 2.73. The van der Waals surface area contributed by atoms with Gasteiger partial charge in [-0.25, -0.2) is 0 Å². The summed E-state index contributed by atoms with van der Waals surface area (Å²) in [6, 6.07) is 15.2. The summed E-state index contributed by atoms with van der Waals surface area (Å²) in [5, 5.41) is 9.66. The highest BCUT2D eigenvalue weighted by atomic mass is 19.4. The average molecular weight is 377 g/mol. The lowest BCUT2D eigenvalue weighted by atomic mass is 10.0. The van der Waals surface area contributed by atoms with Crippen molar-refractivity contribution in [2.75, 3.05) is 14.2 Å². The molecule has 0 bridgehead atoms. The van der Waals surface area contributed by atoms with Crippen molar-refractivity contribution in [2.45, 2.75) is 12.3 Å². The van der Waals surface area contributed by atoms with Crippen LogP contribution in [0.2, 0.25) is 0 Å². The van der Waals surface area contributed by atoms with E-state index in [4.69, 9.17) is 9.47 Å². The molecule has 7 heteroatoms. The zero-order chi connectivity index (χ0) is 19.6. The number of methoxy groups -OCH3 is 2. The normalized spacial score (nSPS) is 12.7. The van der Waals surface area contributed by atoms with Crippen molar-refractivity contribution >= 4 is 0 Å². The summed E-state index contributed by atoms with van der Waals surface area (Å²) < 4.78 is 49.2. The van der Waals surface area contributed by atoms with Crippen LogP contribution in [-0.4, -0.2) is 30.5 Å². The smallest absolute Gasteiger partial charge is 0.420 e. The number of ether oxygens (including phenoxy) is 2. The summed E-state index contributed by atoms with van der Waals surface area (Å²) in [6.07, 6.45) is -7.36. The van der Waals surface area contributed by atoms with Crippen molar-refractivity contribution in [3.05, 3.63) is 60.3 Å². The Hall–Kier alpha value is -2.93. The number of halogens is 3. The van der Waals surface area contributed by atoms with Crippen LogP contribution in [0.4, 0.5) is 13.2 Å². The molecule has 3 rings (SSSR count). The largest absolute Gasteiger partial charge is 0.497 e. The lowest BCUT2D eigenvalue weighted by Crippen LogP contribution is -2.20. The molecule has 2 aromatic carbocycles. The third kappa shape index (κ3) is 3.93. The van der Waals surface area contributed by atoms with Gasteiger partial charge in [0.1, 0.15) is 11.5 Å². The van der Waals surface area contributed by atoms with Crippen molar-refractivity contribution < 1.29 is 27.8 Å². The molecule has 1 atom stereocenters. The fourth-order valence-corrected chi connectivity index (χ4v) is 2.78. The number of H-pyrrole nitrogens is 1. The minimum Gasteiger partial charge on any atom is -0.497 e. The van der Waals surface area contributed by atoms with E-state index in [1.165, 1.54) is 20.3 Å². The van der Waals surface area contributed by atoms with Gasteiger partial charge < -0.3 is 19.6 Å². The number of rotatable bonds is 5. The predicted molar refractivity (Wildman–Crippen MR) is 95.8 cm³/mol. The number of aromatic amines is 1. The monoisotopic (exact) mass is 377 g/mol. The number of aliphatic hydroxyl groups is 1. The van der Waals surface area contributed by atoms with Crippen molar-refractivity contribution in [3.63, 3.8) is 0 Å². The van der Waals surface area contributed by atoms with Crippen LogP contribution in [0.1, 0.15) is 11.8 Å². The van der Waals surface area contributed by atoms with E-state index in [2.05, 4.69) is 4.98 Å². The molecule has 27 heavy (non-hydrogen) atoms. The van der Waals surface area contributed by atoms with Gasteiger partial charge in [0.05, 0.1) is 25.6 Å². The molecule has 2 N–H and O–H groups in total. The third-order valence-corrected chi connectivity index (χ3v) is 4.22. The Morgan fingerprint density at radius 2 is 1.33 bits per heavy atom. The summed E-state index contributed by atoms with van der Waals surface area (Å²) in [5.41, 5.74) is 2.06. The van der Waals surface area contributed by atoms with Crippen LogP contribution in [0.5, 0.6) is 11.5 Å². The Morgan fingerprint density at radius 3 is 1.78 bits per heavy atom. The topological polar surface area (TPSA) is 54.5 Å². The van der Waals surface area contributed by atoms with Crippen LogP contribution >= 0.6 is 0 Å². The van der Waals surface area contributed by atoms with Gasteiger partial charge in [0.2, 0.25) is 0 Å². The molecule has 0 amide bonds. The van der Waals surface area contributed by atoms with Gasteiger partial charge in [0, 0.05) is 5.56 Å². The van der Waals surface area contributed by atoms with Crippen LogP contribution in [-0.2, 0) is 0 Å². The quantitative estimate of drug-likeness (QED) is 0.661. The van der Waals surface area contributed by atoms with E-state index in [1.54, 1.807) is 48.5 Å². The fraction of sp³-hybridized carbons (Fsp3) is 0.200. The third-order valence-electron chi connectivity index (χ3n) is 4.22. The number of nitrogens with one attached hydrogen (secondary N) is 1. The molecule has 1 heterocycles. The van der Waals surface area contributed by atoms with Crippen LogP contribution in [0.3, 0.4) is 0 Å². The van der Waals surface area contributed by atoms with Crippen LogP contribution in [0.25, 0.3) is 22.4 Å². The van der Waals surface area contributed by atoms with E-state index in [0.717, 1.165) is 0 Å². The maximum atomic E-state index is 13.0. The highest BCUT2D eigenvalue weighted by Gasteiger charge is 2.40. The number of benzene rings is 2. The molecule has 142 valence electrons. The van der Waals surface area contributed by atoms with Crippen molar-refractivity contribution in [1.29, 1.82) is 0 Å². The minimum atomic E-state index is -4.76. The van der Waals surface area contributed by atoms with Crippen LogP contribution in [0, 0.1) is 0 Å². The standard InChI is InChI=1S/C20H18F3NO3/c1-26-14-7-3-12(4-8-14)16-11-17(19(25)20(21,22)23)24-18(16)13-5-9-15(27-2)10-6-13/h3-11,19,24-25H,1-2H3. The van der Waals surface area contributed by atoms with Gasteiger partial charge in [-0.05, 0) is 53.6 Å². The van der Waals surface area contributed by atoms with Gasteiger partial charge in [-0.15, -0.1) is 0 Å². The van der Waals surface area contributed by atoms with Crippen LogP contribution in [0.15, 0.2) is 54.6 Å². The molecule has 0 aliphatic rings. The van der Waals surface area contributed by atoms with Gasteiger partial charge in [-0.2, -0.15) is 13.2 Å². The zero-order valence-corrected chi connectivity index (χ0v) is 14.7. The average Bonchev–Trinajstić information content (AvgIpc) is 3.12. The lowest BCUT2D eigenvalue weighted by molar-refractivity contribution is -0.207. The van der Waals surface area contributed by atoms with E-state index in [1.807, 2.05) is 0 Å². The Labute approximate surface area is 154 Å². The summed E-state index contributed by atoms with van der Waals surface area (Å²) >= 11 is 0. The lowest BCUT2D eigenvalue weighted by Gasteiger charge is -2.12. The number of hydrogen-bond donors (Lipinski definition) is 2. The van der Waals surface area contributed by atoms with Crippen molar-refractivity contribution in [2.24, 2.45) is 0 Å².